The van der Waals surface area contributed by atoms with E-state index in [2.05, 4.69) is 5.32 Å². The highest BCUT2D eigenvalue weighted by Gasteiger charge is 2.35. The predicted octanol–water partition coefficient (Wildman–Crippen LogP) is 5.14. The number of carbonyl (C=O) groups is 2. The van der Waals surface area contributed by atoms with Gasteiger partial charge in [0.1, 0.15) is 5.69 Å². The van der Waals surface area contributed by atoms with E-state index in [1.165, 1.54) is 0 Å². The van der Waals surface area contributed by atoms with Crippen LogP contribution in [0.3, 0.4) is 0 Å². The third kappa shape index (κ3) is 6.49. The lowest BCUT2D eigenvalue weighted by Crippen LogP contribution is -2.38. The zero-order valence-corrected chi connectivity index (χ0v) is 19.3. The van der Waals surface area contributed by atoms with Gasteiger partial charge in [0.2, 0.25) is 0 Å². The van der Waals surface area contributed by atoms with Crippen molar-refractivity contribution in [1.29, 1.82) is 0 Å². The van der Waals surface area contributed by atoms with Crippen LogP contribution >= 0.6 is 0 Å². The van der Waals surface area contributed by atoms with E-state index in [1.54, 1.807) is 17.0 Å². The van der Waals surface area contributed by atoms with Crippen LogP contribution in [0.4, 0.5) is 30.2 Å². The Morgan fingerprint density at radius 1 is 1.17 bits per heavy atom. The summed E-state index contributed by atoms with van der Waals surface area (Å²) in [6.45, 7) is 3.99. The third-order valence-corrected chi connectivity index (χ3v) is 5.87. The van der Waals surface area contributed by atoms with Gasteiger partial charge in [-0.1, -0.05) is 32.0 Å². The molecule has 0 aromatic heterocycles. The fraction of sp³-hybridized carbons (Fsp3) is 0.417. The van der Waals surface area contributed by atoms with Crippen molar-refractivity contribution in [3.05, 3.63) is 63.7 Å². The Morgan fingerprint density at radius 3 is 2.43 bits per heavy atom. The Hall–Kier alpha value is -3.63. The molecule has 1 heterocycles. The van der Waals surface area contributed by atoms with Crippen LogP contribution in [-0.2, 0) is 20.5 Å². The van der Waals surface area contributed by atoms with Gasteiger partial charge in [0, 0.05) is 24.8 Å². The van der Waals surface area contributed by atoms with Crippen LogP contribution in [0.25, 0.3) is 0 Å². The number of anilines is 2. The second-order valence-corrected chi connectivity index (χ2v) is 8.62. The molecule has 1 saturated heterocycles. The van der Waals surface area contributed by atoms with E-state index in [-0.39, 0.29) is 37.5 Å². The largest absolute Gasteiger partial charge is 0.455 e. The van der Waals surface area contributed by atoms with Crippen LogP contribution in [0, 0.1) is 16.0 Å². The van der Waals surface area contributed by atoms with Gasteiger partial charge >= 0.3 is 12.1 Å². The van der Waals surface area contributed by atoms with Gasteiger partial charge in [-0.25, -0.2) is 0 Å². The number of esters is 1. The van der Waals surface area contributed by atoms with Gasteiger partial charge in [-0.3, -0.25) is 19.7 Å². The SMILES string of the molecule is CC(C)c1ccccc1NC(=O)COC(=O)C1CCN(c2ccc(C(F)(F)F)cc2[N+](=O)[O-])CC1. The fourth-order valence-corrected chi connectivity index (χ4v) is 4.02. The molecular weight excluding hydrogens is 467 g/mol. The van der Waals surface area contributed by atoms with Gasteiger partial charge < -0.3 is 15.0 Å². The summed E-state index contributed by atoms with van der Waals surface area (Å²) in [5.74, 6) is -1.35. The van der Waals surface area contributed by atoms with Crippen LogP contribution in [0.2, 0.25) is 0 Å². The van der Waals surface area contributed by atoms with E-state index in [9.17, 15) is 32.9 Å². The van der Waals surface area contributed by atoms with Crippen LogP contribution in [0.1, 0.15) is 43.7 Å². The molecule has 0 saturated carbocycles. The number of halogens is 3. The molecule has 1 amide bonds. The van der Waals surface area contributed by atoms with Crippen molar-refractivity contribution in [2.75, 3.05) is 29.9 Å². The smallest absolute Gasteiger partial charge is 0.416 e. The number of nitrogens with zero attached hydrogens (tertiary/aromatic N) is 2. The second-order valence-electron chi connectivity index (χ2n) is 8.62. The lowest BCUT2D eigenvalue weighted by Gasteiger charge is -2.32. The molecule has 8 nitrogen and oxygen atoms in total. The molecule has 1 N–H and O–H groups in total. The minimum Gasteiger partial charge on any atom is -0.455 e. The van der Waals surface area contributed by atoms with Crippen LogP contribution in [0.5, 0.6) is 0 Å². The number of benzene rings is 2. The van der Waals surface area contributed by atoms with Crippen molar-refractivity contribution in [3.8, 4) is 0 Å². The van der Waals surface area contributed by atoms with Crippen LogP contribution in [-0.4, -0.2) is 36.5 Å². The number of piperidine rings is 1. The van der Waals surface area contributed by atoms with Gasteiger partial charge in [0.25, 0.3) is 11.6 Å². The van der Waals surface area contributed by atoms with Crippen molar-refractivity contribution in [3.63, 3.8) is 0 Å². The molecule has 35 heavy (non-hydrogen) atoms. The van der Waals surface area contributed by atoms with E-state index < -0.39 is 46.8 Å². The first-order valence-electron chi connectivity index (χ1n) is 11.1. The van der Waals surface area contributed by atoms with Crippen molar-refractivity contribution in [2.45, 2.75) is 38.8 Å². The van der Waals surface area contributed by atoms with Gasteiger partial charge in [-0.05, 0) is 42.5 Å². The zero-order valence-electron chi connectivity index (χ0n) is 19.3. The van der Waals surface area contributed by atoms with Crippen molar-refractivity contribution >= 4 is 28.9 Å². The normalized spacial score (nSPS) is 14.6. The first-order valence-corrected chi connectivity index (χ1v) is 11.1. The molecule has 1 aliphatic heterocycles. The first kappa shape index (κ1) is 26.0. The maximum atomic E-state index is 12.9. The van der Waals surface area contributed by atoms with Gasteiger partial charge in [-0.2, -0.15) is 13.2 Å². The number of para-hydroxylation sites is 1. The minimum atomic E-state index is -4.69. The number of ether oxygens (including phenoxy) is 1. The zero-order chi connectivity index (χ0) is 25.8. The fourth-order valence-electron chi connectivity index (χ4n) is 4.02. The number of nitrogens with one attached hydrogen (secondary N) is 1. The molecule has 3 rings (SSSR count). The summed E-state index contributed by atoms with van der Waals surface area (Å²) in [5, 5.41) is 14.1. The summed E-state index contributed by atoms with van der Waals surface area (Å²) in [7, 11) is 0. The molecule has 11 heteroatoms. The Kier molecular flexibility index (Phi) is 7.98. The summed E-state index contributed by atoms with van der Waals surface area (Å²) in [5.41, 5.74) is -0.0650. The van der Waals surface area contributed by atoms with Gasteiger partial charge in [-0.15, -0.1) is 0 Å². The highest BCUT2D eigenvalue weighted by molar-refractivity contribution is 5.93. The monoisotopic (exact) mass is 493 g/mol. The van der Waals surface area contributed by atoms with E-state index in [0.717, 1.165) is 17.7 Å². The molecule has 2 aromatic carbocycles. The predicted molar refractivity (Wildman–Crippen MR) is 123 cm³/mol. The van der Waals surface area contributed by atoms with E-state index in [1.807, 2.05) is 26.0 Å². The van der Waals surface area contributed by atoms with Crippen molar-refractivity contribution in [1.82, 2.24) is 0 Å². The van der Waals surface area contributed by atoms with Gasteiger partial charge in [0.15, 0.2) is 6.61 Å². The second kappa shape index (κ2) is 10.7. The molecule has 1 fully saturated rings. The quantitative estimate of drug-likeness (QED) is 0.326. The Morgan fingerprint density at radius 2 is 1.83 bits per heavy atom. The molecule has 0 radical (unpaired) electrons. The Labute approximate surface area is 200 Å². The number of nitro groups is 1. The topological polar surface area (TPSA) is 102 Å². The van der Waals surface area contributed by atoms with E-state index >= 15 is 0 Å². The molecular formula is C24H26F3N3O5. The summed E-state index contributed by atoms with van der Waals surface area (Å²) in [6.07, 6.45) is -4.12. The molecule has 0 atom stereocenters. The number of alkyl halides is 3. The van der Waals surface area contributed by atoms with Crippen molar-refractivity contribution in [2.24, 2.45) is 5.92 Å². The molecule has 1 aliphatic rings. The first-order chi connectivity index (χ1) is 16.5. The molecule has 2 aromatic rings. The number of rotatable bonds is 7. The average Bonchev–Trinajstić information content (AvgIpc) is 2.82. The molecule has 0 aliphatic carbocycles. The number of hydrogen-bond acceptors (Lipinski definition) is 6. The average molecular weight is 493 g/mol. The molecule has 0 spiro atoms. The third-order valence-electron chi connectivity index (χ3n) is 5.87. The minimum absolute atomic E-state index is 0.0676. The van der Waals surface area contributed by atoms with Crippen molar-refractivity contribution < 1.29 is 32.4 Å². The Balaban J connectivity index is 1.55. The standard InChI is InChI=1S/C24H26F3N3O5/c1-15(2)18-5-3-4-6-19(18)28-22(31)14-35-23(32)16-9-11-29(12-10-16)20-8-7-17(24(25,26)27)13-21(20)30(33)34/h3-8,13,15-16H,9-12,14H2,1-2H3,(H,28,31). The maximum Gasteiger partial charge on any atom is 0.416 e. The number of amides is 1. The number of hydrogen-bond donors (Lipinski definition) is 1. The van der Waals surface area contributed by atoms with E-state index in [0.29, 0.717) is 11.8 Å². The van der Waals surface area contributed by atoms with Crippen LogP contribution < -0.4 is 10.2 Å². The molecule has 188 valence electrons. The Bertz CT molecular complexity index is 1100. The lowest BCUT2D eigenvalue weighted by atomic mass is 9.96. The summed E-state index contributed by atoms with van der Waals surface area (Å²) in [4.78, 5) is 36.8. The molecule has 0 unspecified atom stereocenters. The maximum absolute atomic E-state index is 12.9. The summed E-state index contributed by atoms with van der Waals surface area (Å²) >= 11 is 0. The van der Waals surface area contributed by atoms with Crippen LogP contribution in [0.15, 0.2) is 42.5 Å². The van der Waals surface area contributed by atoms with Gasteiger partial charge in [0.05, 0.1) is 16.4 Å². The number of nitro benzene ring substituents is 1. The summed E-state index contributed by atoms with van der Waals surface area (Å²) in [6, 6.07) is 9.74. The highest BCUT2D eigenvalue weighted by atomic mass is 19.4. The molecule has 0 bridgehead atoms. The van der Waals surface area contributed by atoms with E-state index in [4.69, 9.17) is 4.74 Å². The number of carbonyl (C=O) groups excluding carboxylic acids is 2. The lowest BCUT2D eigenvalue weighted by molar-refractivity contribution is -0.384. The highest BCUT2D eigenvalue weighted by Crippen LogP contribution is 2.37. The summed E-state index contributed by atoms with van der Waals surface area (Å²) < 4.78 is 44.0.